The predicted molar refractivity (Wildman–Crippen MR) is 73.2 cm³/mol. The third kappa shape index (κ3) is 2.29. The van der Waals surface area contributed by atoms with Gasteiger partial charge in [0.05, 0.1) is 0 Å². The van der Waals surface area contributed by atoms with Gasteiger partial charge in [0.25, 0.3) is 0 Å². The van der Waals surface area contributed by atoms with E-state index in [-0.39, 0.29) is 5.82 Å². The van der Waals surface area contributed by atoms with Crippen LogP contribution in [0.15, 0.2) is 35.8 Å². The first-order chi connectivity index (χ1) is 9.36. The van der Waals surface area contributed by atoms with E-state index in [9.17, 15) is 0 Å². The molecule has 0 atom stereocenters. The molecule has 0 bridgehead atoms. The molecule has 2 heterocycles. The van der Waals surface area contributed by atoms with Gasteiger partial charge in [0.15, 0.2) is 0 Å². The van der Waals surface area contributed by atoms with Crippen molar-refractivity contribution < 1.29 is 0 Å². The minimum absolute atomic E-state index is 0.271. The van der Waals surface area contributed by atoms with E-state index in [1.54, 1.807) is 17.5 Å². The zero-order valence-electron chi connectivity index (χ0n) is 9.66. The molecule has 0 spiro atoms. The number of allylic oxidation sites excluding steroid dienone is 1. The number of aromatic nitrogens is 4. The average Bonchev–Trinajstić information content (AvgIpc) is 3.10. The molecule has 1 aromatic carbocycles. The molecule has 0 saturated carbocycles. The Morgan fingerprint density at radius 1 is 1.42 bits per heavy atom. The Bertz CT molecular complexity index is 765. The summed E-state index contributed by atoms with van der Waals surface area (Å²) in [7, 11) is 0. The maximum atomic E-state index is 9.04. The van der Waals surface area contributed by atoms with Crippen molar-refractivity contribution in [2.75, 3.05) is 5.32 Å². The van der Waals surface area contributed by atoms with Crippen molar-refractivity contribution >= 4 is 32.7 Å². The Kier molecular flexibility index (Phi) is 2.92. The monoisotopic (exact) mass is 268 g/mol. The van der Waals surface area contributed by atoms with Crippen LogP contribution in [-0.4, -0.2) is 20.6 Å². The summed E-state index contributed by atoms with van der Waals surface area (Å²) in [4.78, 5) is 0. The van der Waals surface area contributed by atoms with E-state index >= 15 is 0 Å². The van der Waals surface area contributed by atoms with Gasteiger partial charge in [-0.1, -0.05) is 6.07 Å². The molecule has 6 nitrogen and oxygen atoms in total. The van der Waals surface area contributed by atoms with Crippen molar-refractivity contribution in [3.63, 3.8) is 0 Å². The van der Waals surface area contributed by atoms with Crippen molar-refractivity contribution in [1.82, 2.24) is 20.6 Å². The SMILES string of the molecule is N#CC(=CNc1ccc2ccsc2c1)c1nn[nH]n1. The van der Waals surface area contributed by atoms with Crippen LogP contribution in [0, 0.1) is 11.3 Å². The van der Waals surface area contributed by atoms with E-state index in [4.69, 9.17) is 5.26 Å². The molecular weight excluding hydrogens is 260 g/mol. The molecule has 2 aromatic heterocycles. The van der Waals surface area contributed by atoms with E-state index in [1.165, 1.54) is 10.1 Å². The van der Waals surface area contributed by atoms with Crippen molar-refractivity contribution in [3.8, 4) is 6.07 Å². The molecule has 7 heteroatoms. The second-order valence-electron chi connectivity index (χ2n) is 3.72. The van der Waals surface area contributed by atoms with E-state index in [2.05, 4.69) is 32.0 Å². The normalized spacial score (nSPS) is 11.4. The molecule has 0 fully saturated rings. The first kappa shape index (κ1) is 11.4. The minimum atomic E-state index is 0.271. The molecular formula is C12H8N6S. The predicted octanol–water partition coefficient (Wildman–Crippen LogP) is 2.39. The third-order valence-electron chi connectivity index (χ3n) is 2.55. The van der Waals surface area contributed by atoms with Gasteiger partial charge >= 0.3 is 0 Å². The van der Waals surface area contributed by atoms with Gasteiger partial charge in [0.2, 0.25) is 5.82 Å². The van der Waals surface area contributed by atoms with Gasteiger partial charge in [-0.05, 0) is 34.2 Å². The summed E-state index contributed by atoms with van der Waals surface area (Å²) in [6, 6.07) is 10.1. The van der Waals surface area contributed by atoms with E-state index in [1.807, 2.05) is 29.6 Å². The number of tetrazole rings is 1. The number of rotatable bonds is 3. The lowest BCUT2D eigenvalue weighted by molar-refractivity contribution is 0.881. The third-order valence-corrected chi connectivity index (χ3v) is 3.43. The van der Waals surface area contributed by atoms with Crippen LogP contribution < -0.4 is 5.32 Å². The number of H-pyrrole nitrogens is 1. The van der Waals surface area contributed by atoms with Crippen molar-refractivity contribution in [2.45, 2.75) is 0 Å². The summed E-state index contributed by atoms with van der Waals surface area (Å²) in [5.41, 5.74) is 1.23. The molecule has 0 unspecified atom stereocenters. The molecule has 3 aromatic rings. The first-order valence-corrected chi connectivity index (χ1v) is 6.32. The van der Waals surface area contributed by atoms with Crippen LogP contribution in [0.4, 0.5) is 5.69 Å². The summed E-state index contributed by atoms with van der Waals surface area (Å²) in [5, 5.41) is 28.6. The number of anilines is 1. The maximum absolute atomic E-state index is 9.04. The maximum Gasteiger partial charge on any atom is 0.216 e. The number of nitrogens with zero attached hydrogens (tertiary/aromatic N) is 4. The highest BCUT2D eigenvalue weighted by molar-refractivity contribution is 7.17. The Balaban J connectivity index is 1.86. The lowest BCUT2D eigenvalue weighted by atomic mass is 10.2. The number of nitrogens with one attached hydrogen (secondary N) is 2. The smallest absolute Gasteiger partial charge is 0.216 e. The fourth-order valence-corrected chi connectivity index (χ4v) is 2.45. The number of nitriles is 1. The number of fused-ring (bicyclic) bond motifs is 1. The molecule has 2 N–H and O–H groups in total. The average molecular weight is 268 g/mol. The number of hydrogen-bond donors (Lipinski definition) is 2. The second kappa shape index (κ2) is 4.88. The van der Waals surface area contributed by atoms with Gasteiger partial charge in [-0.25, -0.2) is 0 Å². The minimum Gasteiger partial charge on any atom is -0.360 e. The molecule has 0 aliphatic rings. The van der Waals surface area contributed by atoms with Crippen LogP contribution in [0.25, 0.3) is 15.7 Å². The number of aromatic amines is 1. The largest absolute Gasteiger partial charge is 0.360 e. The molecule has 19 heavy (non-hydrogen) atoms. The lowest BCUT2D eigenvalue weighted by Crippen LogP contribution is -1.92. The zero-order valence-corrected chi connectivity index (χ0v) is 10.5. The molecule has 0 radical (unpaired) electrons. The summed E-state index contributed by atoms with van der Waals surface area (Å²) in [6.45, 7) is 0. The fraction of sp³-hybridized carbons (Fsp3) is 0. The van der Waals surface area contributed by atoms with Crippen LogP contribution in [0.2, 0.25) is 0 Å². The number of thiophene rings is 1. The second-order valence-corrected chi connectivity index (χ2v) is 4.67. The summed E-state index contributed by atoms with van der Waals surface area (Å²) in [5.74, 6) is 0.271. The van der Waals surface area contributed by atoms with Gasteiger partial charge in [-0.15, -0.1) is 21.5 Å². The number of benzene rings is 1. The van der Waals surface area contributed by atoms with Crippen LogP contribution in [0.3, 0.4) is 0 Å². The van der Waals surface area contributed by atoms with Crippen molar-refractivity contribution in [2.24, 2.45) is 0 Å². The van der Waals surface area contributed by atoms with Crippen LogP contribution in [0.1, 0.15) is 5.82 Å². The fourth-order valence-electron chi connectivity index (χ4n) is 1.62. The highest BCUT2D eigenvalue weighted by Gasteiger charge is 2.05. The van der Waals surface area contributed by atoms with Crippen molar-refractivity contribution in [3.05, 3.63) is 41.7 Å². The highest BCUT2D eigenvalue weighted by atomic mass is 32.1. The van der Waals surface area contributed by atoms with Crippen molar-refractivity contribution in [1.29, 1.82) is 5.26 Å². The molecule has 0 amide bonds. The van der Waals surface area contributed by atoms with E-state index < -0.39 is 0 Å². The van der Waals surface area contributed by atoms with Gasteiger partial charge < -0.3 is 5.32 Å². The van der Waals surface area contributed by atoms with Gasteiger partial charge in [-0.3, -0.25) is 0 Å². The van der Waals surface area contributed by atoms with Gasteiger partial charge in [0, 0.05) is 16.6 Å². The quantitative estimate of drug-likeness (QED) is 0.712. The van der Waals surface area contributed by atoms with Crippen LogP contribution in [0.5, 0.6) is 0 Å². The molecule has 3 rings (SSSR count). The first-order valence-electron chi connectivity index (χ1n) is 5.45. The van der Waals surface area contributed by atoms with E-state index in [0.29, 0.717) is 5.57 Å². The standard InChI is InChI=1S/C12H8N6S/c13-6-9(12-15-17-18-16-12)7-14-10-2-1-8-3-4-19-11(8)5-10/h1-5,7,14H,(H,15,16,17,18). The lowest BCUT2D eigenvalue weighted by Gasteiger charge is -2.01. The topological polar surface area (TPSA) is 90.3 Å². The molecule has 0 aliphatic carbocycles. The Labute approximate surface area is 112 Å². The summed E-state index contributed by atoms with van der Waals surface area (Å²) >= 11 is 1.67. The van der Waals surface area contributed by atoms with Gasteiger partial charge in [-0.2, -0.15) is 10.5 Å². The summed E-state index contributed by atoms with van der Waals surface area (Å²) < 4.78 is 1.19. The van der Waals surface area contributed by atoms with Gasteiger partial charge in [0.1, 0.15) is 11.6 Å². The Morgan fingerprint density at radius 3 is 3.16 bits per heavy atom. The van der Waals surface area contributed by atoms with E-state index in [0.717, 1.165) is 5.69 Å². The Morgan fingerprint density at radius 2 is 2.37 bits per heavy atom. The molecule has 0 aliphatic heterocycles. The number of hydrogen-bond acceptors (Lipinski definition) is 6. The summed E-state index contributed by atoms with van der Waals surface area (Å²) in [6.07, 6.45) is 1.57. The zero-order chi connectivity index (χ0) is 13.1. The van der Waals surface area contributed by atoms with Crippen LogP contribution in [-0.2, 0) is 0 Å². The highest BCUT2D eigenvalue weighted by Crippen LogP contribution is 2.24. The van der Waals surface area contributed by atoms with Crippen LogP contribution >= 0.6 is 11.3 Å². The Hall–Kier alpha value is -2.72. The molecule has 92 valence electrons. The molecule has 0 saturated heterocycles.